The van der Waals surface area contributed by atoms with Crippen LogP contribution in [-0.2, 0) is 11.3 Å². The fraction of sp³-hybridized carbons (Fsp3) is 0.237. The lowest BCUT2D eigenvalue weighted by Crippen LogP contribution is -2.33. The molecule has 1 aliphatic heterocycles. The van der Waals surface area contributed by atoms with E-state index in [-0.39, 0.29) is 11.6 Å². The number of halogens is 1. The predicted octanol–water partition coefficient (Wildman–Crippen LogP) is 8.50. The van der Waals surface area contributed by atoms with Crippen LogP contribution in [0, 0.1) is 5.82 Å². The summed E-state index contributed by atoms with van der Waals surface area (Å²) in [5, 5.41) is 0. The highest BCUT2D eigenvalue weighted by molar-refractivity contribution is 6.17. The summed E-state index contributed by atoms with van der Waals surface area (Å²) in [4.78, 5) is 16.5. The maximum atomic E-state index is 15.0. The summed E-state index contributed by atoms with van der Waals surface area (Å²) < 4.78 is 27.0. The Labute approximate surface area is 254 Å². The van der Waals surface area contributed by atoms with E-state index >= 15 is 4.39 Å². The lowest BCUT2D eigenvalue weighted by molar-refractivity contribution is 0.103. The highest BCUT2D eigenvalue weighted by Gasteiger charge is 2.24. The quantitative estimate of drug-likeness (QED) is 0.123. The van der Waals surface area contributed by atoms with Gasteiger partial charge in [-0.2, -0.15) is 0 Å². The maximum Gasteiger partial charge on any atom is 0.193 e. The number of Topliss-reactive ketones (excluding diaryl/α,β-unsaturated/α-hetero) is 1. The highest BCUT2D eigenvalue weighted by Crippen LogP contribution is 2.35. The molecular formula is C38H38FNO3. The van der Waals surface area contributed by atoms with E-state index < -0.39 is 0 Å². The zero-order valence-electron chi connectivity index (χ0n) is 24.5. The molecule has 220 valence electrons. The first-order valence-corrected chi connectivity index (χ1v) is 15.0. The standard InChI is InChI=1S/C38H38FNO3/c1-2-32(43-28-29-12-5-3-6-13-29)21-18-30-14-11-16-35(34-15-7-8-17-36(34)39)37(30)38(41)31-19-22-33(23-20-31)42-27-26-40-24-9-4-10-25-40/h2-3,5-8,11-13,15-23H,1,4,9-10,14,24-28H2/b30-18+,32-21+. The van der Waals surface area contributed by atoms with Crippen LogP contribution in [0.5, 0.6) is 5.75 Å². The number of likely N-dealkylation sites (tertiary alicyclic amines) is 1. The molecule has 0 spiro atoms. The van der Waals surface area contributed by atoms with Crippen molar-refractivity contribution in [2.24, 2.45) is 0 Å². The summed E-state index contributed by atoms with van der Waals surface area (Å²) in [6.07, 6.45) is 13.5. The monoisotopic (exact) mass is 575 g/mol. The predicted molar refractivity (Wildman–Crippen MR) is 171 cm³/mol. The topological polar surface area (TPSA) is 38.8 Å². The van der Waals surface area contributed by atoms with Crippen LogP contribution in [-0.4, -0.2) is 36.9 Å². The first-order chi connectivity index (χ1) is 21.1. The number of benzene rings is 3. The molecule has 1 aliphatic carbocycles. The van der Waals surface area contributed by atoms with Crippen molar-refractivity contribution < 1.29 is 18.7 Å². The van der Waals surface area contributed by atoms with Crippen molar-refractivity contribution in [1.82, 2.24) is 4.90 Å². The Kier molecular flexibility index (Phi) is 10.5. The van der Waals surface area contributed by atoms with E-state index in [0.29, 0.717) is 47.7 Å². The van der Waals surface area contributed by atoms with Crippen molar-refractivity contribution in [3.8, 4) is 5.75 Å². The number of hydrogen-bond acceptors (Lipinski definition) is 4. The molecular weight excluding hydrogens is 537 g/mol. The van der Waals surface area contributed by atoms with Gasteiger partial charge in [-0.15, -0.1) is 0 Å². The molecule has 0 atom stereocenters. The van der Waals surface area contributed by atoms with Gasteiger partial charge < -0.3 is 9.47 Å². The lowest BCUT2D eigenvalue weighted by Gasteiger charge is -2.26. The number of nitrogens with zero attached hydrogens (tertiary/aromatic N) is 1. The van der Waals surface area contributed by atoms with Crippen LogP contribution >= 0.6 is 0 Å². The Morgan fingerprint density at radius 3 is 2.42 bits per heavy atom. The number of allylic oxidation sites excluding steroid dienone is 8. The molecule has 2 aliphatic rings. The molecule has 5 heteroatoms. The Morgan fingerprint density at radius 2 is 1.67 bits per heavy atom. The van der Waals surface area contributed by atoms with E-state index in [9.17, 15) is 4.79 Å². The van der Waals surface area contributed by atoms with Crippen molar-refractivity contribution in [2.75, 3.05) is 26.2 Å². The van der Waals surface area contributed by atoms with E-state index in [0.717, 1.165) is 36.5 Å². The van der Waals surface area contributed by atoms with Gasteiger partial charge in [0.25, 0.3) is 0 Å². The van der Waals surface area contributed by atoms with Gasteiger partial charge in [0.1, 0.15) is 30.5 Å². The first-order valence-electron chi connectivity index (χ1n) is 15.0. The SMILES string of the molecule is C=C/C(=C\C=C1/CC=CC(c2ccccc2F)=C1C(=O)c1ccc(OCCN2CCCCC2)cc1)OCc1ccccc1. The molecule has 1 heterocycles. The average molecular weight is 576 g/mol. The molecule has 1 fully saturated rings. The van der Waals surface area contributed by atoms with Crippen molar-refractivity contribution in [2.45, 2.75) is 32.3 Å². The molecule has 1 saturated heterocycles. The Balaban J connectivity index is 1.39. The number of ether oxygens (including phenoxy) is 2. The minimum Gasteiger partial charge on any atom is -0.492 e. The van der Waals surface area contributed by atoms with E-state index in [4.69, 9.17) is 9.47 Å². The Morgan fingerprint density at radius 1 is 0.930 bits per heavy atom. The van der Waals surface area contributed by atoms with Crippen molar-refractivity contribution >= 4 is 11.4 Å². The maximum absolute atomic E-state index is 15.0. The van der Waals surface area contributed by atoms with Gasteiger partial charge in [0.15, 0.2) is 5.78 Å². The van der Waals surface area contributed by atoms with Gasteiger partial charge in [-0.25, -0.2) is 4.39 Å². The molecule has 0 aromatic heterocycles. The minimum absolute atomic E-state index is 0.174. The molecule has 0 bridgehead atoms. The van der Waals surface area contributed by atoms with E-state index in [1.54, 1.807) is 36.4 Å². The molecule has 43 heavy (non-hydrogen) atoms. The molecule has 5 rings (SSSR count). The Bertz CT molecular complexity index is 1530. The summed E-state index contributed by atoms with van der Waals surface area (Å²) in [5.74, 6) is 0.758. The smallest absolute Gasteiger partial charge is 0.193 e. The summed E-state index contributed by atoms with van der Waals surface area (Å²) in [7, 11) is 0. The molecule has 0 unspecified atom stereocenters. The van der Waals surface area contributed by atoms with Crippen LogP contribution in [0.3, 0.4) is 0 Å². The second kappa shape index (κ2) is 15.1. The van der Waals surface area contributed by atoms with Crippen molar-refractivity contribution in [1.29, 1.82) is 0 Å². The molecule has 0 saturated carbocycles. The van der Waals surface area contributed by atoms with Gasteiger partial charge in [-0.3, -0.25) is 9.69 Å². The van der Waals surface area contributed by atoms with Crippen LogP contribution < -0.4 is 4.74 Å². The van der Waals surface area contributed by atoms with Gasteiger partial charge in [0.2, 0.25) is 0 Å². The van der Waals surface area contributed by atoms with Gasteiger partial charge in [0, 0.05) is 23.2 Å². The van der Waals surface area contributed by atoms with Crippen molar-refractivity contribution in [3.63, 3.8) is 0 Å². The van der Waals surface area contributed by atoms with Crippen LogP contribution in [0.15, 0.2) is 133 Å². The zero-order valence-corrected chi connectivity index (χ0v) is 24.5. The average Bonchev–Trinajstić information content (AvgIpc) is 3.06. The largest absolute Gasteiger partial charge is 0.492 e. The van der Waals surface area contributed by atoms with Crippen LogP contribution in [0.4, 0.5) is 4.39 Å². The number of carbonyl (C=O) groups is 1. The molecule has 0 N–H and O–H groups in total. The van der Waals surface area contributed by atoms with Crippen molar-refractivity contribution in [3.05, 3.63) is 155 Å². The second-order valence-electron chi connectivity index (χ2n) is 10.7. The van der Waals surface area contributed by atoms with Gasteiger partial charge in [0.05, 0.1) is 0 Å². The summed E-state index contributed by atoms with van der Waals surface area (Å²) in [6, 6.07) is 23.7. The fourth-order valence-electron chi connectivity index (χ4n) is 5.41. The molecule has 3 aromatic carbocycles. The van der Waals surface area contributed by atoms with Crippen LogP contribution in [0.2, 0.25) is 0 Å². The minimum atomic E-state index is -0.375. The number of carbonyl (C=O) groups excluding carboxylic acids is 1. The third-order valence-electron chi connectivity index (χ3n) is 7.74. The summed E-state index contributed by atoms with van der Waals surface area (Å²) >= 11 is 0. The number of hydrogen-bond donors (Lipinski definition) is 0. The molecule has 3 aromatic rings. The number of rotatable bonds is 12. The molecule has 4 nitrogen and oxygen atoms in total. The normalized spacial score (nSPS) is 16.8. The van der Waals surface area contributed by atoms with Gasteiger partial charge in [-0.05, 0) is 91.5 Å². The molecule has 0 amide bonds. The van der Waals surface area contributed by atoms with Crippen LogP contribution in [0.25, 0.3) is 5.57 Å². The third kappa shape index (κ3) is 8.08. The van der Waals surface area contributed by atoms with E-state index in [1.165, 1.54) is 25.3 Å². The number of ketones is 1. The third-order valence-corrected chi connectivity index (χ3v) is 7.74. The number of piperidine rings is 1. The van der Waals surface area contributed by atoms with Gasteiger partial charge >= 0.3 is 0 Å². The first kappa shape index (κ1) is 30.0. The van der Waals surface area contributed by atoms with Crippen LogP contribution in [0.1, 0.15) is 47.2 Å². The fourth-order valence-corrected chi connectivity index (χ4v) is 5.41. The Hall–Kier alpha value is -4.48. The highest BCUT2D eigenvalue weighted by atomic mass is 19.1. The second-order valence-corrected chi connectivity index (χ2v) is 10.7. The van der Waals surface area contributed by atoms with Gasteiger partial charge in [-0.1, -0.05) is 79.8 Å². The molecule has 0 radical (unpaired) electrons. The zero-order chi connectivity index (χ0) is 29.9. The van der Waals surface area contributed by atoms with E-state index in [2.05, 4.69) is 11.5 Å². The summed E-state index contributed by atoms with van der Waals surface area (Å²) in [6.45, 7) is 8.05. The summed E-state index contributed by atoms with van der Waals surface area (Å²) in [5.41, 5.74) is 3.74. The van der Waals surface area contributed by atoms with E-state index in [1.807, 2.05) is 66.8 Å². The lowest BCUT2D eigenvalue weighted by atomic mass is 9.83.